The average Bonchev–Trinajstić information content (AvgIpc) is 2.84. The zero-order valence-electron chi connectivity index (χ0n) is 10.5. The predicted octanol–water partition coefficient (Wildman–Crippen LogP) is 3.69. The van der Waals surface area contributed by atoms with E-state index in [1.165, 1.54) is 0 Å². The second-order valence-corrected chi connectivity index (χ2v) is 5.46. The summed E-state index contributed by atoms with van der Waals surface area (Å²) in [7, 11) is 0. The third kappa shape index (κ3) is 2.36. The van der Waals surface area contributed by atoms with Gasteiger partial charge in [-0.3, -0.25) is 0 Å². The zero-order chi connectivity index (χ0) is 14.1. The Morgan fingerprint density at radius 3 is 2.90 bits per heavy atom. The second-order valence-electron chi connectivity index (χ2n) is 4.54. The molecule has 2 aromatic rings. The van der Waals surface area contributed by atoms with Crippen molar-refractivity contribution in [1.29, 1.82) is 0 Å². The quantitative estimate of drug-likeness (QED) is 0.899. The monoisotopic (exact) mass is 333 g/mol. The first-order valence-corrected chi connectivity index (χ1v) is 6.95. The summed E-state index contributed by atoms with van der Waals surface area (Å²) in [6.45, 7) is 0.495. The van der Waals surface area contributed by atoms with Crippen molar-refractivity contribution in [1.82, 2.24) is 0 Å². The van der Waals surface area contributed by atoms with E-state index >= 15 is 0 Å². The highest BCUT2D eigenvalue weighted by atomic mass is 79.9. The Hall–Kier alpha value is -2.01. The molecule has 4 nitrogen and oxygen atoms in total. The van der Waals surface area contributed by atoms with Gasteiger partial charge in [0.2, 0.25) is 0 Å². The van der Waals surface area contributed by atoms with Gasteiger partial charge in [0, 0.05) is 15.7 Å². The number of hydrogen-bond donors (Lipinski definition) is 2. The summed E-state index contributed by atoms with van der Waals surface area (Å²) in [4.78, 5) is 11.3. The Morgan fingerprint density at radius 2 is 2.10 bits per heavy atom. The number of hydrogen-bond acceptors (Lipinski definition) is 3. The Morgan fingerprint density at radius 1 is 1.30 bits per heavy atom. The summed E-state index contributed by atoms with van der Waals surface area (Å²) >= 11 is 3.29. The lowest BCUT2D eigenvalue weighted by Gasteiger charge is -2.15. The molecule has 0 bridgehead atoms. The molecule has 0 saturated heterocycles. The highest BCUT2D eigenvalue weighted by Gasteiger charge is 2.24. The molecule has 0 amide bonds. The summed E-state index contributed by atoms with van der Waals surface area (Å²) in [5.41, 5.74) is 1.88. The number of carboxylic acid groups (broad SMARTS) is 1. The van der Waals surface area contributed by atoms with Crippen LogP contribution in [0.4, 0.5) is 5.69 Å². The topological polar surface area (TPSA) is 58.6 Å². The van der Waals surface area contributed by atoms with Gasteiger partial charge in [0.05, 0.1) is 11.6 Å². The van der Waals surface area contributed by atoms with Crippen molar-refractivity contribution in [3.8, 4) is 5.75 Å². The summed E-state index contributed by atoms with van der Waals surface area (Å²) in [5, 5.41) is 12.5. The third-order valence-corrected chi connectivity index (χ3v) is 3.73. The second kappa shape index (κ2) is 5.17. The van der Waals surface area contributed by atoms with E-state index in [-0.39, 0.29) is 11.6 Å². The molecule has 2 N–H and O–H groups in total. The molecule has 0 aliphatic carbocycles. The molecule has 5 heteroatoms. The SMILES string of the molecule is O=C(O)c1cc(Br)ccc1NC1COc2ccccc21. The van der Waals surface area contributed by atoms with Crippen molar-refractivity contribution in [2.24, 2.45) is 0 Å². The van der Waals surface area contributed by atoms with Crippen molar-refractivity contribution in [3.63, 3.8) is 0 Å². The molecular formula is C15H12BrNO3. The summed E-state index contributed by atoms with van der Waals surface area (Å²) in [6, 6.07) is 12.9. The van der Waals surface area contributed by atoms with Crippen LogP contribution in [0, 0.1) is 0 Å². The van der Waals surface area contributed by atoms with Gasteiger partial charge in [-0.1, -0.05) is 34.1 Å². The van der Waals surface area contributed by atoms with E-state index < -0.39 is 5.97 Å². The van der Waals surface area contributed by atoms with Gasteiger partial charge in [-0.15, -0.1) is 0 Å². The van der Waals surface area contributed by atoms with Gasteiger partial charge >= 0.3 is 5.97 Å². The Labute approximate surface area is 124 Å². The number of anilines is 1. The molecule has 0 spiro atoms. The lowest BCUT2D eigenvalue weighted by atomic mass is 10.1. The average molecular weight is 334 g/mol. The fourth-order valence-corrected chi connectivity index (χ4v) is 2.65. The van der Waals surface area contributed by atoms with E-state index in [4.69, 9.17) is 4.74 Å². The van der Waals surface area contributed by atoms with E-state index in [0.717, 1.165) is 15.8 Å². The van der Waals surface area contributed by atoms with Gasteiger partial charge in [-0.25, -0.2) is 4.79 Å². The largest absolute Gasteiger partial charge is 0.491 e. The fraction of sp³-hybridized carbons (Fsp3) is 0.133. The number of aromatic carboxylic acids is 1. The molecule has 1 heterocycles. The van der Waals surface area contributed by atoms with Crippen LogP contribution in [0.1, 0.15) is 22.0 Å². The predicted molar refractivity (Wildman–Crippen MR) is 79.4 cm³/mol. The molecule has 1 aliphatic rings. The van der Waals surface area contributed by atoms with Crippen LogP contribution in [0.2, 0.25) is 0 Å². The molecule has 0 saturated carbocycles. The number of nitrogens with one attached hydrogen (secondary N) is 1. The summed E-state index contributed by atoms with van der Waals surface area (Å²) in [6.07, 6.45) is 0. The van der Waals surface area contributed by atoms with Crippen molar-refractivity contribution >= 4 is 27.6 Å². The van der Waals surface area contributed by atoms with Crippen molar-refractivity contribution in [2.75, 3.05) is 11.9 Å². The van der Waals surface area contributed by atoms with Gasteiger partial charge in [-0.05, 0) is 24.3 Å². The first-order chi connectivity index (χ1) is 9.65. The van der Waals surface area contributed by atoms with Gasteiger partial charge in [0.25, 0.3) is 0 Å². The van der Waals surface area contributed by atoms with E-state index in [0.29, 0.717) is 12.3 Å². The maximum atomic E-state index is 11.3. The van der Waals surface area contributed by atoms with Crippen LogP contribution < -0.4 is 10.1 Å². The Kier molecular flexibility index (Phi) is 3.36. The van der Waals surface area contributed by atoms with Crippen LogP contribution >= 0.6 is 15.9 Å². The van der Waals surface area contributed by atoms with Crippen LogP contribution in [-0.2, 0) is 0 Å². The van der Waals surface area contributed by atoms with Gasteiger partial charge in [-0.2, -0.15) is 0 Å². The van der Waals surface area contributed by atoms with Crippen LogP contribution in [-0.4, -0.2) is 17.7 Å². The van der Waals surface area contributed by atoms with Gasteiger partial charge in [0.1, 0.15) is 12.4 Å². The maximum Gasteiger partial charge on any atom is 0.337 e. The molecule has 1 unspecified atom stereocenters. The lowest BCUT2D eigenvalue weighted by molar-refractivity contribution is 0.0697. The number of para-hydroxylation sites is 1. The molecule has 3 rings (SSSR count). The number of carbonyl (C=O) groups is 1. The number of benzene rings is 2. The van der Waals surface area contributed by atoms with Crippen molar-refractivity contribution in [2.45, 2.75) is 6.04 Å². The first-order valence-electron chi connectivity index (χ1n) is 6.16. The van der Waals surface area contributed by atoms with Crippen LogP contribution in [0.15, 0.2) is 46.9 Å². The Balaban J connectivity index is 1.92. The lowest BCUT2D eigenvalue weighted by Crippen LogP contribution is -2.14. The summed E-state index contributed by atoms with van der Waals surface area (Å²) in [5.74, 6) is -0.111. The normalized spacial score (nSPS) is 16.4. The Bertz CT molecular complexity index is 672. The molecule has 0 radical (unpaired) electrons. The number of ether oxygens (including phenoxy) is 1. The third-order valence-electron chi connectivity index (χ3n) is 3.24. The minimum absolute atomic E-state index is 0.0366. The van der Waals surface area contributed by atoms with Gasteiger partial charge in [0.15, 0.2) is 0 Å². The van der Waals surface area contributed by atoms with Crippen molar-refractivity contribution in [3.05, 3.63) is 58.1 Å². The summed E-state index contributed by atoms with van der Waals surface area (Å²) < 4.78 is 6.33. The van der Waals surface area contributed by atoms with E-state index in [9.17, 15) is 9.90 Å². The highest BCUT2D eigenvalue weighted by Crippen LogP contribution is 2.35. The highest BCUT2D eigenvalue weighted by molar-refractivity contribution is 9.10. The molecule has 1 aliphatic heterocycles. The molecule has 1 atom stereocenters. The molecular weight excluding hydrogens is 322 g/mol. The van der Waals surface area contributed by atoms with E-state index in [1.807, 2.05) is 30.3 Å². The first kappa shape index (κ1) is 13.0. The maximum absolute atomic E-state index is 11.3. The van der Waals surface area contributed by atoms with Crippen LogP contribution in [0.25, 0.3) is 0 Å². The minimum atomic E-state index is -0.957. The molecule has 102 valence electrons. The minimum Gasteiger partial charge on any atom is -0.491 e. The van der Waals surface area contributed by atoms with Crippen molar-refractivity contribution < 1.29 is 14.6 Å². The number of rotatable bonds is 3. The number of halogens is 1. The van der Waals surface area contributed by atoms with Gasteiger partial charge < -0.3 is 15.2 Å². The number of fused-ring (bicyclic) bond motifs is 1. The molecule has 20 heavy (non-hydrogen) atoms. The smallest absolute Gasteiger partial charge is 0.337 e. The zero-order valence-corrected chi connectivity index (χ0v) is 12.1. The van der Waals surface area contributed by atoms with Crippen LogP contribution in [0.3, 0.4) is 0 Å². The van der Waals surface area contributed by atoms with E-state index in [2.05, 4.69) is 21.2 Å². The number of carboxylic acids is 1. The standard InChI is InChI=1S/C15H12BrNO3/c16-9-5-6-12(11(7-9)15(18)19)17-13-8-20-14-4-2-1-3-10(13)14/h1-7,13,17H,8H2,(H,18,19). The molecule has 0 fully saturated rings. The van der Waals surface area contributed by atoms with Crippen LogP contribution in [0.5, 0.6) is 5.75 Å². The molecule has 2 aromatic carbocycles. The molecule has 0 aromatic heterocycles. The van der Waals surface area contributed by atoms with E-state index in [1.54, 1.807) is 12.1 Å². The fourth-order valence-electron chi connectivity index (χ4n) is 2.29.